The quantitative estimate of drug-likeness (QED) is 0.701. The van der Waals surface area contributed by atoms with E-state index in [1.54, 1.807) is 12.0 Å². The van der Waals surface area contributed by atoms with Gasteiger partial charge in [0, 0.05) is 31.9 Å². The summed E-state index contributed by atoms with van der Waals surface area (Å²) < 4.78 is 45.5. The van der Waals surface area contributed by atoms with Gasteiger partial charge in [-0.3, -0.25) is 14.5 Å². The minimum absolute atomic E-state index is 0.0282. The minimum Gasteiger partial charge on any atom is -0.497 e. The third-order valence-corrected chi connectivity index (χ3v) is 4.98. The monoisotopic (exact) mass is 451 g/mol. The summed E-state index contributed by atoms with van der Waals surface area (Å²) in [7, 11) is 1.59. The number of amides is 2. The van der Waals surface area contributed by atoms with Crippen LogP contribution < -0.4 is 14.8 Å². The van der Waals surface area contributed by atoms with E-state index >= 15 is 0 Å². The number of ether oxygens (including phenoxy) is 2. The lowest BCUT2D eigenvalue weighted by atomic mass is 10.1. The molecule has 1 heterocycles. The Bertz CT molecular complexity index is 910. The van der Waals surface area contributed by atoms with Crippen molar-refractivity contribution in [2.45, 2.75) is 12.8 Å². The summed E-state index contributed by atoms with van der Waals surface area (Å²) in [6, 6.07) is 12.3. The van der Waals surface area contributed by atoms with E-state index in [9.17, 15) is 22.8 Å². The van der Waals surface area contributed by atoms with E-state index in [2.05, 4.69) is 10.1 Å². The average Bonchev–Trinajstić information content (AvgIpc) is 2.75. The Balaban J connectivity index is 1.41. The van der Waals surface area contributed by atoms with Gasteiger partial charge in [-0.1, -0.05) is 12.1 Å². The topological polar surface area (TPSA) is 71.1 Å². The van der Waals surface area contributed by atoms with E-state index < -0.39 is 6.36 Å². The van der Waals surface area contributed by atoms with Crippen molar-refractivity contribution < 1.29 is 32.2 Å². The number of piperazine rings is 1. The van der Waals surface area contributed by atoms with E-state index in [4.69, 9.17) is 4.74 Å². The van der Waals surface area contributed by atoms with Crippen LogP contribution in [0.3, 0.4) is 0 Å². The summed E-state index contributed by atoms with van der Waals surface area (Å²) in [5, 5.41) is 2.65. The number of nitrogens with zero attached hydrogens (tertiary/aromatic N) is 2. The van der Waals surface area contributed by atoms with Crippen LogP contribution in [0, 0.1) is 0 Å². The van der Waals surface area contributed by atoms with E-state index in [0.29, 0.717) is 38.3 Å². The molecular formula is C22H24F3N3O4. The van der Waals surface area contributed by atoms with Gasteiger partial charge in [0.2, 0.25) is 11.8 Å². The molecule has 0 spiro atoms. The van der Waals surface area contributed by atoms with Gasteiger partial charge in [0.15, 0.2) is 0 Å². The first kappa shape index (κ1) is 23.4. The van der Waals surface area contributed by atoms with Gasteiger partial charge in [0.25, 0.3) is 0 Å². The zero-order chi connectivity index (χ0) is 23.1. The maximum Gasteiger partial charge on any atom is 0.573 e. The molecule has 0 unspecified atom stereocenters. The lowest BCUT2D eigenvalue weighted by Crippen LogP contribution is -2.50. The summed E-state index contributed by atoms with van der Waals surface area (Å²) >= 11 is 0. The molecular weight excluding hydrogens is 427 g/mol. The molecule has 1 saturated heterocycles. The fraction of sp³-hybridized carbons (Fsp3) is 0.364. The summed E-state index contributed by atoms with van der Waals surface area (Å²) in [5.74, 6) is 0.123. The molecule has 0 aromatic heterocycles. The number of rotatable bonds is 7. The fourth-order valence-corrected chi connectivity index (χ4v) is 3.33. The molecule has 3 rings (SSSR count). The van der Waals surface area contributed by atoms with Crippen molar-refractivity contribution in [3.63, 3.8) is 0 Å². The number of benzene rings is 2. The fourth-order valence-electron chi connectivity index (χ4n) is 3.33. The molecule has 172 valence electrons. The van der Waals surface area contributed by atoms with Crippen molar-refractivity contribution in [2.75, 3.05) is 45.2 Å². The maximum atomic E-state index is 12.5. The second kappa shape index (κ2) is 10.4. The van der Waals surface area contributed by atoms with Gasteiger partial charge in [0.1, 0.15) is 11.5 Å². The van der Waals surface area contributed by atoms with Gasteiger partial charge in [-0.05, 0) is 42.0 Å². The van der Waals surface area contributed by atoms with Crippen LogP contribution >= 0.6 is 0 Å². The van der Waals surface area contributed by atoms with Gasteiger partial charge in [-0.25, -0.2) is 0 Å². The van der Waals surface area contributed by atoms with E-state index in [1.165, 1.54) is 12.1 Å². The molecule has 1 aliphatic heterocycles. The van der Waals surface area contributed by atoms with Crippen LogP contribution in [0.4, 0.5) is 18.9 Å². The molecule has 0 radical (unpaired) electrons. The number of alkyl halides is 3. The van der Waals surface area contributed by atoms with E-state index in [0.717, 1.165) is 23.4 Å². The first-order valence-corrected chi connectivity index (χ1v) is 10.0. The predicted octanol–water partition coefficient (Wildman–Crippen LogP) is 2.92. The van der Waals surface area contributed by atoms with Gasteiger partial charge in [-0.2, -0.15) is 0 Å². The highest BCUT2D eigenvalue weighted by molar-refractivity contribution is 5.92. The van der Waals surface area contributed by atoms with Crippen molar-refractivity contribution in [2.24, 2.45) is 0 Å². The minimum atomic E-state index is -4.76. The standard InChI is InChI=1S/C22H24F3N3O4/c1-31-18-6-2-16(3-7-18)14-21(30)28-12-10-27(11-13-28)15-20(29)26-17-4-8-19(9-5-17)32-22(23,24)25/h2-9H,10-15H2,1H3,(H,26,29). The Morgan fingerprint density at radius 3 is 2.09 bits per heavy atom. The smallest absolute Gasteiger partial charge is 0.497 e. The highest BCUT2D eigenvalue weighted by Crippen LogP contribution is 2.24. The van der Waals surface area contributed by atoms with Crippen LogP contribution in [0.25, 0.3) is 0 Å². The lowest BCUT2D eigenvalue weighted by molar-refractivity contribution is -0.274. The van der Waals surface area contributed by atoms with Crippen LogP contribution in [0.2, 0.25) is 0 Å². The second-order valence-corrected chi connectivity index (χ2v) is 7.30. The predicted molar refractivity (Wildman–Crippen MR) is 111 cm³/mol. The van der Waals surface area contributed by atoms with Crippen LogP contribution in [-0.2, 0) is 16.0 Å². The molecule has 7 nitrogen and oxygen atoms in total. The molecule has 0 aliphatic carbocycles. The molecule has 2 aromatic carbocycles. The molecule has 32 heavy (non-hydrogen) atoms. The van der Waals surface area contributed by atoms with Crippen LogP contribution in [0.15, 0.2) is 48.5 Å². The largest absolute Gasteiger partial charge is 0.573 e. The number of anilines is 1. The molecule has 0 atom stereocenters. The van der Waals surface area contributed by atoms with Crippen molar-refractivity contribution in [3.05, 3.63) is 54.1 Å². The highest BCUT2D eigenvalue weighted by Gasteiger charge is 2.31. The van der Waals surface area contributed by atoms with E-state index in [-0.39, 0.29) is 24.1 Å². The van der Waals surface area contributed by atoms with Crippen LogP contribution in [0.5, 0.6) is 11.5 Å². The molecule has 1 N–H and O–H groups in total. The zero-order valence-electron chi connectivity index (χ0n) is 17.5. The Kier molecular flexibility index (Phi) is 7.57. The Labute approximate surface area is 183 Å². The number of hydrogen-bond acceptors (Lipinski definition) is 5. The third kappa shape index (κ3) is 7.16. The molecule has 1 aliphatic rings. The first-order chi connectivity index (χ1) is 15.2. The summed E-state index contributed by atoms with van der Waals surface area (Å²) in [4.78, 5) is 28.5. The lowest BCUT2D eigenvalue weighted by Gasteiger charge is -2.34. The van der Waals surface area contributed by atoms with Gasteiger partial charge in [-0.15, -0.1) is 13.2 Å². The normalized spacial score (nSPS) is 14.7. The Morgan fingerprint density at radius 2 is 1.53 bits per heavy atom. The number of hydrogen-bond donors (Lipinski definition) is 1. The average molecular weight is 451 g/mol. The number of carbonyl (C=O) groups excluding carboxylic acids is 2. The van der Waals surface area contributed by atoms with Gasteiger partial charge >= 0.3 is 6.36 Å². The zero-order valence-corrected chi connectivity index (χ0v) is 17.5. The first-order valence-electron chi connectivity index (χ1n) is 10.0. The van der Waals surface area contributed by atoms with Gasteiger partial charge in [0.05, 0.1) is 20.1 Å². The molecule has 0 saturated carbocycles. The summed E-state index contributed by atoms with van der Waals surface area (Å²) in [5.41, 5.74) is 1.28. The maximum absolute atomic E-state index is 12.5. The molecule has 2 amide bonds. The van der Waals surface area contributed by atoms with Crippen molar-refractivity contribution >= 4 is 17.5 Å². The number of carbonyl (C=O) groups is 2. The van der Waals surface area contributed by atoms with Gasteiger partial charge < -0.3 is 19.7 Å². The molecule has 10 heteroatoms. The van der Waals surface area contributed by atoms with Crippen LogP contribution in [-0.4, -0.2) is 67.8 Å². The van der Waals surface area contributed by atoms with Crippen LogP contribution in [0.1, 0.15) is 5.56 Å². The third-order valence-electron chi connectivity index (χ3n) is 4.98. The van der Waals surface area contributed by atoms with E-state index in [1.807, 2.05) is 29.2 Å². The summed E-state index contributed by atoms with van der Waals surface area (Å²) in [6.07, 6.45) is -4.46. The van der Waals surface area contributed by atoms with Crippen molar-refractivity contribution in [1.29, 1.82) is 0 Å². The van der Waals surface area contributed by atoms with Crippen molar-refractivity contribution in [1.82, 2.24) is 9.80 Å². The number of nitrogens with one attached hydrogen (secondary N) is 1. The number of halogens is 3. The second-order valence-electron chi connectivity index (χ2n) is 7.30. The molecule has 1 fully saturated rings. The Hall–Kier alpha value is -3.27. The Morgan fingerprint density at radius 1 is 0.938 bits per heavy atom. The summed E-state index contributed by atoms with van der Waals surface area (Å²) in [6.45, 7) is 2.28. The molecule has 0 bridgehead atoms. The SMILES string of the molecule is COc1ccc(CC(=O)N2CCN(CC(=O)Nc3ccc(OC(F)(F)F)cc3)CC2)cc1. The number of methoxy groups -OCH3 is 1. The molecule has 2 aromatic rings. The highest BCUT2D eigenvalue weighted by atomic mass is 19.4. The van der Waals surface area contributed by atoms with Crippen molar-refractivity contribution in [3.8, 4) is 11.5 Å².